The van der Waals surface area contributed by atoms with Crippen molar-refractivity contribution in [3.8, 4) is 0 Å². The molecular formula is C16H23N5. The topological polar surface area (TPSA) is 46.8 Å². The average molecular weight is 285 g/mol. The van der Waals surface area contributed by atoms with E-state index < -0.39 is 0 Å². The predicted octanol–water partition coefficient (Wildman–Crippen LogP) is 2.15. The van der Waals surface area contributed by atoms with Crippen molar-refractivity contribution >= 4 is 0 Å². The normalized spacial score (nSPS) is 19.8. The van der Waals surface area contributed by atoms with E-state index in [2.05, 4.69) is 51.6 Å². The fourth-order valence-corrected chi connectivity index (χ4v) is 3.02. The van der Waals surface area contributed by atoms with Gasteiger partial charge in [-0.3, -0.25) is 4.90 Å². The molecule has 3 rings (SSSR count). The summed E-state index contributed by atoms with van der Waals surface area (Å²) < 4.78 is 1.95. The molecule has 0 saturated carbocycles. The maximum atomic E-state index is 4.21. The van der Waals surface area contributed by atoms with Crippen molar-refractivity contribution in [3.05, 3.63) is 41.7 Å². The lowest BCUT2D eigenvalue weighted by Crippen LogP contribution is -2.34. The van der Waals surface area contributed by atoms with Gasteiger partial charge in [0.1, 0.15) is 0 Å². The Morgan fingerprint density at radius 2 is 2.10 bits per heavy atom. The molecule has 1 aliphatic heterocycles. The summed E-state index contributed by atoms with van der Waals surface area (Å²) in [6.45, 7) is 6.35. The number of tetrazole rings is 1. The van der Waals surface area contributed by atoms with Gasteiger partial charge in [-0.25, -0.2) is 4.68 Å². The summed E-state index contributed by atoms with van der Waals surface area (Å²) in [7, 11) is 0. The number of hydrogen-bond acceptors (Lipinski definition) is 4. The lowest BCUT2D eigenvalue weighted by molar-refractivity contribution is 0.170. The summed E-state index contributed by atoms with van der Waals surface area (Å²) >= 11 is 0. The quantitative estimate of drug-likeness (QED) is 0.844. The van der Waals surface area contributed by atoms with E-state index >= 15 is 0 Å². The van der Waals surface area contributed by atoms with Gasteiger partial charge >= 0.3 is 0 Å². The monoisotopic (exact) mass is 285 g/mol. The molecule has 0 amide bonds. The molecule has 0 aliphatic carbocycles. The third-order valence-corrected chi connectivity index (χ3v) is 4.17. The van der Waals surface area contributed by atoms with Crippen LogP contribution in [0.25, 0.3) is 0 Å². The summed E-state index contributed by atoms with van der Waals surface area (Å²) in [6.07, 6.45) is 3.59. The predicted molar refractivity (Wildman–Crippen MR) is 81.6 cm³/mol. The van der Waals surface area contributed by atoms with Crippen LogP contribution in [0.15, 0.2) is 30.3 Å². The summed E-state index contributed by atoms with van der Waals surface area (Å²) in [4.78, 5) is 2.47. The molecule has 0 N–H and O–H groups in total. The van der Waals surface area contributed by atoms with Crippen LogP contribution in [0.4, 0.5) is 0 Å². The van der Waals surface area contributed by atoms with Crippen LogP contribution < -0.4 is 0 Å². The Morgan fingerprint density at radius 1 is 1.24 bits per heavy atom. The van der Waals surface area contributed by atoms with Gasteiger partial charge in [0.2, 0.25) is 0 Å². The number of hydrogen-bond donors (Lipinski definition) is 0. The highest BCUT2D eigenvalue weighted by Crippen LogP contribution is 2.17. The van der Waals surface area contributed by atoms with Gasteiger partial charge < -0.3 is 0 Å². The summed E-state index contributed by atoms with van der Waals surface area (Å²) in [5.74, 6) is 1.77. The van der Waals surface area contributed by atoms with Crippen LogP contribution in [-0.2, 0) is 19.5 Å². The Balaban J connectivity index is 1.58. The van der Waals surface area contributed by atoms with E-state index in [0.717, 1.165) is 44.3 Å². The van der Waals surface area contributed by atoms with Crippen LogP contribution >= 0.6 is 0 Å². The van der Waals surface area contributed by atoms with Gasteiger partial charge in [-0.2, -0.15) is 0 Å². The van der Waals surface area contributed by atoms with Gasteiger partial charge in [-0.1, -0.05) is 37.3 Å². The number of aromatic nitrogens is 4. The second kappa shape index (κ2) is 6.80. The standard InChI is InChI=1S/C16H23N5/c1-14-6-5-10-20(12-14)13-16-17-18-19-21(16)11-9-15-7-3-2-4-8-15/h2-4,7-8,14H,5-6,9-13H2,1H3/t14-/m0/s1. The minimum absolute atomic E-state index is 0.785. The zero-order valence-electron chi connectivity index (χ0n) is 12.6. The number of piperidine rings is 1. The first kappa shape index (κ1) is 14.2. The van der Waals surface area contributed by atoms with Crippen molar-refractivity contribution < 1.29 is 0 Å². The van der Waals surface area contributed by atoms with Gasteiger partial charge in [0.25, 0.3) is 0 Å². The van der Waals surface area contributed by atoms with E-state index in [1.54, 1.807) is 0 Å². The molecule has 0 radical (unpaired) electrons. The highest BCUT2D eigenvalue weighted by atomic mass is 15.5. The molecule has 5 heteroatoms. The van der Waals surface area contributed by atoms with Crippen molar-refractivity contribution in [2.75, 3.05) is 13.1 Å². The molecule has 0 spiro atoms. The molecule has 1 fully saturated rings. The Hall–Kier alpha value is -1.75. The maximum Gasteiger partial charge on any atom is 0.165 e. The van der Waals surface area contributed by atoms with Crippen molar-refractivity contribution in [2.45, 2.75) is 39.3 Å². The highest BCUT2D eigenvalue weighted by Gasteiger charge is 2.18. The molecule has 5 nitrogen and oxygen atoms in total. The van der Waals surface area contributed by atoms with Crippen LogP contribution in [0.3, 0.4) is 0 Å². The molecule has 2 aromatic rings. The summed E-state index contributed by atoms with van der Waals surface area (Å²) in [5, 5.41) is 12.2. The number of aryl methyl sites for hydroxylation is 2. The van der Waals surface area contributed by atoms with E-state index in [0.29, 0.717) is 0 Å². The van der Waals surface area contributed by atoms with E-state index in [-0.39, 0.29) is 0 Å². The molecule has 0 bridgehead atoms. The minimum Gasteiger partial charge on any atom is -0.296 e. The number of nitrogens with zero attached hydrogens (tertiary/aromatic N) is 5. The molecule has 1 aromatic heterocycles. The SMILES string of the molecule is C[C@H]1CCCN(Cc2nnnn2CCc2ccccc2)C1. The second-order valence-electron chi connectivity index (χ2n) is 6.04. The zero-order chi connectivity index (χ0) is 14.5. The highest BCUT2D eigenvalue weighted by molar-refractivity contribution is 5.14. The molecular weight excluding hydrogens is 262 g/mol. The van der Waals surface area contributed by atoms with Crippen molar-refractivity contribution in [2.24, 2.45) is 5.92 Å². The Bertz CT molecular complexity index is 551. The molecule has 0 unspecified atom stereocenters. The molecule has 1 aromatic carbocycles. The first-order chi connectivity index (χ1) is 10.3. The Labute approximate surface area is 126 Å². The number of benzene rings is 1. The first-order valence-corrected chi connectivity index (χ1v) is 7.82. The smallest absolute Gasteiger partial charge is 0.165 e. The van der Waals surface area contributed by atoms with Crippen LogP contribution in [-0.4, -0.2) is 38.2 Å². The van der Waals surface area contributed by atoms with Gasteiger partial charge in [0, 0.05) is 13.1 Å². The van der Waals surface area contributed by atoms with Crippen molar-refractivity contribution in [3.63, 3.8) is 0 Å². The van der Waals surface area contributed by atoms with E-state index in [1.165, 1.54) is 18.4 Å². The Morgan fingerprint density at radius 3 is 2.90 bits per heavy atom. The third kappa shape index (κ3) is 3.88. The van der Waals surface area contributed by atoms with Crippen LogP contribution in [0, 0.1) is 5.92 Å². The molecule has 1 aliphatic rings. The fourth-order valence-electron chi connectivity index (χ4n) is 3.02. The number of likely N-dealkylation sites (tertiary alicyclic amines) is 1. The largest absolute Gasteiger partial charge is 0.296 e. The van der Waals surface area contributed by atoms with Gasteiger partial charge in [-0.15, -0.1) is 5.10 Å². The molecule has 1 saturated heterocycles. The molecule has 1 atom stereocenters. The van der Waals surface area contributed by atoms with Crippen molar-refractivity contribution in [1.29, 1.82) is 0 Å². The van der Waals surface area contributed by atoms with Crippen LogP contribution in [0.1, 0.15) is 31.2 Å². The minimum atomic E-state index is 0.785. The van der Waals surface area contributed by atoms with Crippen LogP contribution in [0.5, 0.6) is 0 Å². The average Bonchev–Trinajstić information content (AvgIpc) is 2.93. The van der Waals surface area contributed by atoms with Gasteiger partial charge in [-0.05, 0) is 47.7 Å². The van der Waals surface area contributed by atoms with Crippen LogP contribution in [0.2, 0.25) is 0 Å². The third-order valence-electron chi connectivity index (χ3n) is 4.17. The molecule has 21 heavy (non-hydrogen) atoms. The van der Waals surface area contributed by atoms with Crippen molar-refractivity contribution in [1.82, 2.24) is 25.1 Å². The lowest BCUT2D eigenvalue weighted by Gasteiger charge is -2.30. The first-order valence-electron chi connectivity index (χ1n) is 7.82. The van der Waals surface area contributed by atoms with Gasteiger partial charge in [0.15, 0.2) is 5.82 Å². The van der Waals surface area contributed by atoms with Gasteiger partial charge in [0.05, 0.1) is 6.54 Å². The van der Waals surface area contributed by atoms with E-state index in [4.69, 9.17) is 0 Å². The molecule has 112 valence electrons. The van der Waals surface area contributed by atoms with E-state index in [9.17, 15) is 0 Å². The maximum absolute atomic E-state index is 4.21. The lowest BCUT2D eigenvalue weighted by atomic mass is 10.0. The molecule has 2 heterocycles. The Kier molecular flexibility index (Phi) is 4.60. The summed E-state index contributed by atoms with van der Waals surface area (Å²) in [5.41, 5.74) is 1.32. The number of rotatable bonds is 5. The second-order valence-corrected chi connectivity index (χ2v) is 6.04. The fraction of sp³-hybridized carbons (Fsp3) is 0.562. The zero-order valence-corrected chi connectivity index (χ0v) is 12.6. The van der Waals surface area contributed by atoms with E-state index in [1.807, 2.05) is 10.7 Å². The summed E-state index contributed by atoms with van der Waals surface area (Å²) in [6, 6.07) is 10.5.